The third kappa shape index (κ3) is 0.641. The van der Waals surface area contributed by atoms with Gasteiger partial charge in [0, 0.05) is 5.92 Å². The van der Waals surface area contributed by atoms with Gasteiger partial charge in [-0.1, -0.05) is 6.42 Å². The minimum atomic E-state index is -2.53. The maximum atomic E-state index is 12.6. The van der Waals surface area contributed by atoms with Crippen LogP contribution in [0.2, 0.25) is 0 Å². The molecule has 0 aliphatic heterocycles. The fraction of sp³-hybridized carbons (Fsp3) is 1.00. The van der Waals surface area contributed by atoms with E-state index in [1.807, 2.05) is 0 Å². The highest BCUT2D eigenvalue weighted by molar-refractivity contribution is 5.10. The lowest BCUT2D eigenvalue weighted by atomic mass is 9.98. The van der Waals surface area contributed by atoms with Crippen LogP contribution in [0.25, 0.3) is 0 Å². The number of halogens is 2. The van der Waals surface area contributed by atoms with Gasteiger partial charge in [0.15, 0.2) is 0 Å². The number of aliphatic hydroxyl groups excluding tert-OH is 1. The predicted molar refractivity (Wildman–Crippen MR) is 31.8 cm³/mol. The molecule has 0 unspecified atom stereocenters. The summed E-state index contributed by atoms with van der Waals surface area (Å²) in [7, 11) is 0. The molecule has 0 radical (unpaired) electrons. The standard InChI is InChI=1S/C7H10F2O/c8-7(9)4-2-1-3-5(10)6(4)7/h4-6,10H,1-3H2/t4-,5+,6-/m0/s1. The van der Waals surface area contributed by atoms with Gasteiger partial charge in [-0.05, 0) is 12.8 Å². The average molecular weight is 148 g/mol. The lowest BCUT2D eigenvalue weighted by Gasteiger charge is -2.12. The van der Waals surface area contributed by atoms with Crippen molar-refractivity contribution in [1.29, 1.82) is 0 Å². The molecule has 0 saturated heterocycles. The zero-order valence-electron chi connectivity index (χ0n) is 5.56. The molecular formula is C7H10F2O. The topological polar surface area (TPSA) is 20.2 Å². The van der Waals surface area contributed by atoms with Gasteiger partial charge in [-0.2, -0.15) is 0 Å². The quantitative estimate of drug-likeness (QED) is 0.550. The number of hydrogen-bond acceptors (Lipinski definition) is 1. The Balaban J connectivity index is 2.11. The van der Waals surface area contributed by atoms with Crippen LogP contribution in [0.15, 0.2) is 0 Å². The third-order valence-electron chi connectivity index (χ3n) is 2.69. The van der Waals surface area contributed by atoms with E-state index in [0.717, 1.165) is 6.42 Å². The van der Waals surface area contributed by atoms with Gasteiger partial charge >= 0.3 is 0 Å². The fourth-order valence-corrected chi connectivity index (χ4v) is 2.04. The van der Waals surface area contributed by atoms with E-state index in [1.165, 1.54) is 0 Å². The molecule has 2 aliphatic carbocycles. The largest absolute Gasteiger partial charge is 0.393 e. The Morgan fingerprint density at radius 1 is 1.30 bits per heavy atom. The van der Waals surface area contributed by atoms with Crippen molar-refractivity contribution in [2.75, 3.05) is 0 Å². The summed E-state index contributed by atoms with van der Waals surface area (Å²) in [6.07, 6.45) is 1.21. The van der Waals surface area contributed by atoms with E-state index >= 15 is 0 Å². The van der Waals surface area contributed by atoms with Gasteiger partial charge < -0.3 is 5.11 Å². The van der Waals surface area contributed by atoms with Crippen molar-refractivity contribution in [3.8, 4) is 0 Å². The van der Waals surface area contributed by atoms with E-state index in [4.69, 9.17) is 5.11 Å². The van der Waals surface area contributed by atoms with Crippen LogP contribution in [0, 0.1) is 11.8 Å². The first kappa shape index (κ1) is 6.53. The van der Waals surface area contributed by atoms with Crippen LogP contribution >= 0.6 is 0 Å². The molecule has 0 aromatic rings. The first-order chi connectivity index (χ1) is 4.64. The van der Waals surface area contributed by atoms with Crippen LogP contribution in [0.3, 0.4) is 0 Å². The Morgan fingerprint density at radius 2 is 2.00 bits per heavy atom. The molecule has 2 rings (SSSR count). The zero-order chi connectivity index (χ0) is 7.35. The molecule has 0 bridgehead atoms. The molecule has 1 nitrogen and oxygen atoms in total. The molecule has 2 fully saturated rings. The SMILES string of the molecule is O[C@@H]1CCC[C@H]2[C@@H]1C2(F)F. The van der Waals surface area contributed by atoms with E-state index in [1.54, 1.807) is 0 Å². The number of rotatable bonds is 0. The molecule has 58 valence electrons. The minimum Gasteiger partial charge on any atom is -0.393 e. The van der Waals surface area contributed by atoms with Crippen molar-refractivity contribution < 1.29 is 13.9 Å². The Hall–Kier alpha value is -0.180. The average Bonchev–Trinajstić information content (AvgIpc) is 2.38. The Labute approximate surface area is 58.0 Å². The fourth-order valence-electron chi connectivity index (χ4n) is 2.04. The Morgan fingerprint density at radius 3 is 2.50 bits per heavy atom. The van der Waals surface area contributed by atoms with Gasteiger partial charge in [0.1, 0.15) is 0 Å². The van der Waals surface area contributed by atoms with E-state index in [9.17, 15) is 8.78 Å². The summed E-state index contributed by atoms with van der Waals surface area (Å²) in [4.78, 5) is 0. The maximum absolute atomic E-state index is 12.6. The monoisotopic (exact) mass is 148 g/mol. The van der Waals surface area contributed by atoms with Gasteiger partial charge in [-0.3, -0.25) is 0 Å². The highest BCUT2D eigenvalue weighted by Gasteiger charge is 2.71. The lowest BCUT2D eigenvalue weighted by Crippen LogP contribution is -2.16. The molecule has 1 N–H and O–H groups in total. The molecule has 0 aromatic heterocycles. The summed E-state index contributed by atoms with van der Waals surface area (Å²) in [5.74, 6) is -3.71. The molecule has 3 atom stereocenters. The predicted octanol–water partition coefficient (Wildman–Crippen LogP) is 1.41. The van der Waals surface area contributed by atoms with Crippen LogP contribution in [0.5, 0.6) is 0 Å². The highest BCUT2D eigenvalue weighted by Crippen LogP contribution is 2.62. The highest BCUT2D eigenvalue weighted by atomic mass is 19.3. The summed E-state index contributed by atoms with van der Waals surface area (Å²) in [5, 5.41) is 9.07. The number of aliphatic hydroxyl groups is 1. The number of alkyl halides is 2. The molecule has 10 heavy (non-hydrogen) atoms. The van der Waals surface area contributed by atoms with Gasteiger partial charge in [-0.15, -0.1) is 0 Å². The summed E-state index contributed by atoms with van der Waals surface area (Å²) >= 11 is 0. The second-order valence-corrected chi connectivity index (χ2v) is 3.31. The summed E-state index contributed by atoms with van der Waals surface area (Å²) < 4.78 is 25.2. The molecule has 2 aliphatic rings. The Bertz CT molecular complexity index is 158. The van der Waals surface area contributed by atoms with E-state index in [-0.39, 0.29) is 0 Å². The van der Waals surface area contributed by atoms with E-state index in [0.29, 0.717) is 12.8 Å². The molecule has 2 saturated carbocycles. The van der Waals surface area contributed by atoms with Crippen molar-refractivity contribution in [1.82, 2.24) is 0 Å². The maximum Gasteiger partial charge on any atom is 0.257 e. The first-order valence-corrected chi connectivity index (χ1v) is 3.70. The van der Waals surface area contributed by atoms with Gasteiger partial charge in [0.25, 0.3) is 5.92 Å². The van der Waals surface area contributed by atoms with Crippen molar-refractivity contribution >= 4 is 0 Å². The van der Waals surface area contributed by atoms with Crippen molar-refractivity contribution in [3.05, 3.63) is 0 Å². The normalized spacial score (nSPS) is 50.1. The minimum absolute atomic E-state index is 0.490. The first-order valence-electron chi connectivity index (χ1n) is 3.70. The third-order valence-corrected chi connectivity index (χ3v) is 2.69. The van der Waals surface area contributed by atoms with E-state index < -0.39 is 23.9 Å². The summed E-state index contributed by atoms with van der Waals surface area (Å²) in [6, 6.07) is 0. The number of fused-ring (bicyclic) bond motifs is 1. The molecule has 0 heterocycles. The zero-order valence-corrected chi connectivity index (χ0v) is 5.56. The number of hydrogen-bond donors (Lipinski definition) is 1. The van der Waals surface area contributed by atoms with Crippen LogP contribution in [0.1, 0.15) is 19.3 Å². The van der Waals surface area contributed by atoms with Crippen LogP contribution in [0.4, 0.5) is 8.78 Å². The molecule has 3 heteroatoms. The second kappa shape index (κ2) is 1.70. The van der Waals surface area contributed by atoms with Crippen molar-refractivity contribution in [2.24, 2.45) is 11.8 Å². The van der Waals surface area contributed by atoms with Crippen LogP contribution in [-0.4, -0.2) is 17.1 Å². The van der Waals surface area contributed by atoms with Crippen molar-refractivity contribution in [2.45, 2.75) is 31.3 Å². The summed E-state index contributed by atoms with van der Waals surface area (Å²) in [5.41, 5.74) is 0. The van der Waals surface area contributed by atoms with Crippen LogP contribution < -0.4 is 0 Å². The second-order valence-electron chi connectivity index (χ2n) is 3.31. The molecular weight excluding hydrogens is 138 g/mol. The van der Waals surface area contributed by atoms with Gasteiger partial charge in [0.2, 0.25) is 0 Å². The van der Waals surface area contributed by atoms with Crippen LogP contribution in [-0.2, 0) is 0 Å². The van der Waals surface area contributed by atoms with Crippen molar-refractivity contribution in [3.63, 3.8) is 0 Å². The molecule has 0 spiro atoms. The smallest absolute Gasteiger partial charge is 0.257 e. The van der Waals surface area contributed by atoms with Gasteiger partial charge in [0.05, 0.1) is 12.0 Å². The van der Waals surface area contributed by atoms with E-state index in [2.05, 4.69) is 0 Å². The molecule has 0 amide bonds. The van der Waals surface area contributed by atoms with Gasteiger partial charge in [-0.25, -0.2) is 8.78 Å². The summed E-state index contributed by atoms with van der Waals surface area (Å²) in [6.45, 7) is 0. The Kier molecular flexibility index (Phi) is 1.11. The lowest BCUT2D eigenvalue weighted by molar-refractivity contribution is 0.0466. The molecule has 0 aromatic carbocycles.